The van der Waals surface area contributed by atoms with Crippen LogP contribution in [0.3, 0.4) is 0 Å². The van der Waals surface area contributed by atoms with E-state index in [0.717, 1.165) is 58.4 Å². The fourth-order valence-electron chi connectivity index (χ4n) is 5.21. The van der Waals surface area contributed by atoms with Crippen LogP contribution in [-0.2, 0) is 32.8 Å². The van der Waals surface area contributed by atoms with Gasteiger partial charge in [-0.25, -0.2) is 13.1 Å². The van der Waals surface area contributed by atoms with Gasteiger partial charge >= 0.3 is 10.2 Å². The monoisotopic (exact) mass is 612 g/mol. The molecule has 11 heteroatoms. The minimum absolute atomic E-state index is 0.0212. The molecule has 8 nitrogen and oxygen atoms in total. The largest absolute Gasteiger partial charge is 0.352 e. The van der Waals surface area contributed by atoms with Crippen LogP contribution in [-0.4, -0.2) is 62.2 Å². The van der Waals surface area contributed by atoms with Gasteiger partial charge in [-0.15, -0.1) is 0 Å². The van der Waals surface area contributed by atoms with E-state index in [-0.39, 0.29) is 30.6 Å². The van der Waals surface area contributed by atoms with Crippen molar-refractivity contribution in [2.24, 2.45) is 0 Å². The van der Waals surface area contributed by atoms with E-state index in [4.69, 9.17) is 0 Å². The summed E-state index contributed by atoms with van der Waals surface area (Å²) in [6, 6.07) is 18.7. The van der Waals surface area contributed by atoms with Crippen molar-refractivity contribution in [2.75, 3.05) is 24.9 Å². The van der Waals surface area contributed by atoms with Gasteiger partial charge in [0.2, 0.25) is 11.8 Å². The van der Waals surface area contributed by atoms with E-state index in [0.29, 0.717) is 5.56 Å². The number of halogens is 2. The Morgan fingerprint density at radius 1 is 0.837 bits per heavy atom. The molecule has 0 heterocycles. The van der Waals surface area contributed by atoms with Gasteiger partial charge in [-0.1, -0.05) is 61.7 Å². The molecule has 1 aliphatic carbocycles. The summed E-state index contributed by atoms with van der Waals surface area (Å²) >= 11 is 0. The maximum atomic E-state index is 14.2. The van der Waals surface area contributed by atoms with E-state index >= 15 is 0 Å². The van der Waals surface area contributed by atoms with E-state index in [2.05, 4.69) is 5.32 Å². The number of nitrogens with zero attached hydrogens (tertiary/aromatic N) is 3. The molecule has 1 aliphatic rings. The summed E-state index contributed by atoms with van der Waals surface area (Å²) in [6.07, 6.45) is 4.98. The van der Waals surface area contributed by atoms with Crippen molar-refractivity contribution in [3.05, 3.63) is 102 Å². The molecular weight excluding hydrogens is 574 g/mol. The van der Waals surface area contributed by atoms with Crippen LogP contribution in [0.1, 0.15) is 43.2 Å². The summed E-state index contributed by atoms with van der Waals surface area (Å²) < 4.78 is 56.1. The van der Waals surface area contributed by atoms with Crippen molar-refractivity contribution in [2.45, 2.75) is 57.2 Å². The Bertz CT molecular complexity index is 1460. The van der Waals surface area contributed by atoms with Crippen LogP contribution >= 0.6 is 0 Å². The Labute approximate surface area is 252 Å². The summed E-state index contributed by atoms with van der Waals surface area (Å²) in [4.78, 5) is 29.6. The second kappa shape index (κ2) is 14.6. The molecule has 3 aromatic rings. The molecule has 1 fully saturated rings. The highest BCUT2D eigenvalue weighted by Crippen LogP contribution is 2.23. The smallest absolute Gasteiger partial charge is 0.304 e. The Morgan fingerprint density at radius 2 is 1.42 bits per heavy atom. The molecule has 2 amide bonds. The standard InChI is InChI=1S/C32H38F2N4O4S/c1-36(2)43(41,42)38(29-19-17-27(34)18-20-29)23-31(39)37(22-25-13-15-26(33)16-14-25)30(21-24-9-5-3-6-10-24)32(40)35-28-11-7-4-8-12-28/h3,5-6,9-10,13-20,28,30H,4,7-8,11-12,21-23H2,1-2H3,(H,35,40). The third-order valence-corrected chi connectivity index (χ3v) is 9.44. The molecule has 3 aromatic carbocycles. The lowest BCUT2D eigenvalue weighted by Gasteiger charge is -2.35. The zero-order valence-corrected chi connectivity index (χ0v) is 25.3. The lowest BCUT2D eigenvalue weighted by Crippen LogP contribution is -2.55. The lowest BCUT2D eigenvalue weighted by molar-refractivity contribution is -0.140. The Hall–Kier alpha value is -3.83. The number of carbonyl (C=O) groups excluding carboxylic acids is 2. The molecule has 0 spiro atoms. The quantitative estimate of drug-likeness (QED) is 0.322. The molecule has 0 saturated heterocycles. The third-order valence-electron chi connectivity index (χ3n) is 7.62. The van der Waals surface area contributed by atoms with Gasteiger partial charge < -0.3 is 10.2 Å². The van der Waals surface area contributed by atoms with Crippen molar-refractivity contribution in [1.29, 1.82) is 0 Å². The summed E-state index contributed by atoms with van der Waals surface area (Å²) in [7, 11) is -1.52. The molecule has 1 atom stereocenters. The molecule has 0 bridgehead atoms. The first-order valence-corrected chi connectivity index (χ1v) is 15.8. The minimum atomic E-state index is -4.19. The molecule has 43 heavy (non-hydrogen) atoms. The molecule has 4 rings (SSSR count). The highest BCUT2D eigenvalue weighted by molar-refractivity contribution is 7.90. The van der Waals surface area contributed by atoms with Gasteiger partial charge in [0.1, 0.15) is 24.2 Å². The van der Waals surface area contributed by atoms with Gasteiger partial charge in [0, 0.05) is 33.1 Å². The van der Waals surface area contributed by atoms with E-state index in [1.165, 1.54) is 55.4 Å². The Balaban J connectivity index is 1.74. The second-order valence-electron chi connectivity index (χ2n) is 11.0. The number of amides is 2. The van der Waals surface area contributed by atoms with Crippen LogP contribution < -0.4 is 9.62 Å². The summed E-state index contributed by atoms with van der Waals surface area (Å²) in [5, 5.41) is 3.13. The minimum Gasteiger partial charge on any atom is -0.352 e. The van der Waals surface area contributed by atoms with Crippen molar-refractivity contribution < 1.29 is 26.8 Å². The third kappa shape index (κ3) is 8.61. The van der Waals surface area contributed by atoms with Crippen molar-refractivity contribution >= 4 is 27.7 Å². The van der Waals surface area contributed by atoms with Crippen molar-refractivity contribution in [1.82, 2.24) is 14.5 Å². The maximum absolute atomic E-state index is 14.2. The number of hydrogen-bond acceptors (Lipinski definition) is 4. The van der Waals surface area contributed by atoms with Gasteiger partial charge in [-0.2, -0.15) is 12.7 Å². The summed E-state index contributed by atoms with van der Waals surface area (Å²) in [5.41, 5.74) is 1.48. The zero-order valence-electron chi connectivity index (χ0n) is 24.5. The highest BCUT2D eigenvalue weighted by atomic mass is 32.2. The fourth-order valence-corrected chi connectivity index (χ4v) is 6.26. The Kier molecular flexibility index (Phi) is 10.9. The van der Waals surface area contributed by atoms with Crippen LogP contribution in [0.4, 0.5) is 14.5 Å². The van der Waals surface area contributed by atoms with Crippen LogP contribution in [0.15, 0.2) is 78.9 Å². The second-order valence-corrected chi connectivity index (χ2v) is 13.0. The van der Waals surface area contributed by atoms with E-state index in [1.54, 1.807) is 0 Å². The lowest BCUT2D eigenvalue weighted by atomic mass is 9.94. The molecule has 1 saturated carbocycles. The molecule has 1 N–H and O–H groups in total. The average molecular weight is 613 g/mol. The predicted octanol–water partition coefficient (Wildman–Crippen LogP) is 4.67. The highest BCUT2D eigenvalue weighted by Gasteiger charge is 2.35. The van der Waals surface area contributed by atoms with E-state index < -0.39 is 40.3 Å². The van der Waals surface area contributed by atoms with Crippen LogP contribution in [0.2, 0.25) is 0 Å². The van der Waals surface area contributed by atoms with Gasteiger partial charge in [0.05, 0.1) is 5.69 Å². The SMILES string of the molecule is CN(C)S(=O)(=O)N(CC(=O)N(Cc1ccc(F)cc1)C(Cc1ccccc1)C(=O)NC1CCCCC1)c1ccc(F)cc1. The Morgan fingerprint density at radius 3 is 2.00 bits per heavy atom. The van der Waals surface area contributed by atoms with Crippen LogP contribution in [0, 0.1) is 11.6 Å². The van der Waals surface area contributed by atoms with Crippen LogP contribution in [0.25, 0.3) is 0 Å². The number of nitrogens with one attached hydrogen (secondary N) is 1. The summed E-state index contributed by atoms with van der Waals surface area (Å²) in [6.45, 7) is -0.705. The van der Waals surface area contributed by atoms with Gasteiger partial charge in [-0.3, -0.25) is 9.59 Å². The van der Waals surface area contributed by atoms with E-state index in [9.17, 15) is 26.8 Å². The van der Waals surface area contributed by atoms with Gasteiger partial charge in [0.25, 0.3) is 0 Å². The first kappa shape index (κ1) is 32.1. The summed E-state index contributed by atoms with van der Waals surface area (Å²) in [5.74, 6) is -1.98. The number of anilines is 1. The molecule has 0 aliphatic heterocycles. The molecule has 1 unspecified atom stereocenters. The first-order valence-electron chi connectivity index (χ1n) is 14.4. The van der Waals surface area contributed by atoms with Crippen LogP contribution in [0.5, 0.6) is 0 Å². The number of carbonyl (C=O) groups is 2. The number of hydrogen-bond donors (Lipinski definition) is 1. The average Bonchev–Trinajstić information content (AvgIpc) is 3.00. The normalized spacial score (nSPS) is 14.7. The zero-order chi connectivity index (χ0) is 31.0. The molecular formula is C32H38F2N4O4S. The topological polar surface area (TPSA) is 90.0 Å². The number of rotatable bonds is 12. The first-order chi connectivity index (χ1) is 20.5. The predicted molar refractivity (Wildman–Crippen MR) is 162 cm³/mol. The van der Waals surface area contributed by atoms with Crippen molar-refractivity contribution in [3.63, 3.8) is 0 Å². The van der Waals surface area contributed by atoms with E-state index in [1.807, 2.05) is 30.3 Å². The van der Waals surface area contributed by atoms with Gasteiger partial charge in [0.15, 0.2) is 0 Å². The van der Waals surface area contributed by atoms with Gasteiger partial charge in [-0.05, 0) is 60.4 Å². The molecule has 0 radical (unpaired) electrons. The molecule has 230 valence electrons. The molecule has 0 aromatic heterocycles. The van der Waals surface area contributed by atoms with Crippen molar-refractivity contribution in [3.8, 4) is 0 Å². The maximum Gasteiger partial charge on any atom is 0.304 e. The fraction of sp³-hybridized carbons (Fsp3) is 0.375. The number of benzene rings is 3.